The van der Waals surface area contributed by atoms with Crippen LogP contribution in [-0.2, 0) is 14.3 Å². The average molecular weight is 874 g/mol. The molecule has 0 aliphatic carbocycles. The number of hydrogen-bond acceptors (Lipinski definition) is 5. The summed E-state index contributed by atoms with van der Waals surface area (Å²) in [6, 6.07) is -0.648. The predicted molar refractivity (Wildman–Crippen MR) is 269 cm³/mol. The number of nitrogens with one attached hydrogen (secondary N) is 1. The van der Waals surface area contributed by atoms with E-state index in [0.29, 0.717) is 19.4 Å². The average Bonchev–Trinajstić information content (AvgIpc) is 3.27. The molecule has 0 aromatic heterocycles. The number of esters is 1. The summed E-state index contributed by atoms with van der Waals surface area (Å²) in [5, 5.41) is 23.1. The van der Waals surface area contributed by atoms with Crippen LogP contribution in [0.1, 0.15) is 296 Å². The van der Waals surface area contributed by atoms with Gasteiger partial charge in [-0.2, -0.15) is 0 Å². The second-order valence-electron chi connectivity index (χ2n) is 18.9. The summed E-state index contributed by atoms with van der Waals surface area (Å²) in [4.78, 5) is 24.5. The SMILES string of the molecule is CCCCCCCCCCCCCCC/C=C/C(O)C(CO)NC(=O)CCCCCCC/C=C\CCCCOC(=O)CCCCCCCCCCCCCCCCCCCCC. The molecule has 0 saturated carbocycles. The Morgan fingerprint density at radius 2 is 0.758 bits per heavy atom. The standard InChI is InChI=1S/C56H107NO5/c1-3-5-7-9-11-13-15-17-19-20-21-22-24-26-30-34-38-42-46-50-56(61)62-51-47-43-39-35-31-27-29-33-37-41-45-49-55(60)57-53(52-58)54(59)48-44-40-36-32-28-25-23-18-16-14-12-10-8-6-4-2/h31,35,44,48,53-54,58-59H,3-30,32-34,36-43,45-47,49-52H2,1-2H3,(H,57,60)/b35-31-,48-44+. The van der Waals surface area contributed by atoms with Crippen LogP contribution in [0.3, 0.4) is 0 Å². The van der Waals surface area contributed by atoms with Crippen LogP contribution in [0.4, 0.5) is 0 Å². The Hall–Kier alpha value is -1.66. The van der Waals surface area contributed by atoms with Gasteiger partial charge in [-0.3, -0.25) is 9.59 Å². The minimum atomic E-state index is -0.862. The van der Waals surface area contributed by atoms with E-state index in [4.69, 9.17) is 4.74 Å². The van der Waals surface area contributed by atoms with E-state index in [1.807, 2.05) is 6.08 Å². The largest absolute Gasteiger partial charge is 0.466 e. The van der Waals surface area contributed by atoms with Gasteiger partial charge in [-0.15, -0.1) is 0 Å². The van der Waals surface area contributed by atoms with Crippen molar-refractivity contribution in [3.63, 3.8) is 0 Å². The van der Waals surface area contributed by atoms with Crippen molar-refractivity contribution in [3.8, 4) is 0 Å². The zero-order valence-corrected chi connectivity index (χ0v) is 41.6. The Balaban J connectivity index is 3.51. The molecule has 366 valence electrons. The first kappa shape index (κ1) is 60.3. The van der Waals surface area contributed by atoms with Gasteiger partial charge in [-0.05, 0) is 57.8 Å². The van der Waals surface area contributed by atoms with Gasteiger partial charge in [0.15, 0.2) is 0 Å². The summed E-state index contributed by atoms with van der Waals surface area (Å²) < 4.78 is 5.45. The smallest absolute Gasteiger partial charge is 0.305 e. The Bertz CT molecular complexity index is 966. The lowest BCUT2D eigenvalue weighted by atomic mass is 10.0. The lowest BCUT2D eigenvalue weighted by molar-refractivity contribution is -0.143. The fraction of sp³-hybridized carbons (Fsp3) is 0.893. The Kier molecular flexibility index (Phi) is 50.6. The second-order valence-corrected chi connectivity index (χ2v) is 18.9. The minimum Gasteiger partial charge on any atom is -0.466 e. The zero-order valence-electron chi connectivity index (χ0n) is 41.6. The molecule has 2 unspecified atom stereocenters. The zero-order chi connectivity index (χ0) is 45.1. The molecule has 6 nitrogen and oxygen atoms in total. The van der Waals surface area contributed by atoms with Crippen LogP contribution >= 0.6 is 0 Å². The van der Waals surface area contributed by atoms with E-state index in [-0.39, 0.29) is 18.5 Å². The van der Waals surface area contributed by atoms with Gasteiger partial charge >= 0.3 is 5.97 Å². The summed E-state index contributed by atoms with van der Waals surface area (Å²) in [7, 11) is 0. The maximum Gasteiger partial charge on any atom is 0.305 e. The van der Waals surface area contributed by atoms with Crippen molar-refractivity contribution in [2.45, 2.75) is 309 Å². The number of amides is 1. The van der Waals surface area contributed by atoms with Crippen LogP contribution in [0.2, 0.25) is 0 Å². The highest BCUT2D eigenvalue weighted by Gasteiger charge is 2.18. The van der Waals surface area contributed by atoms with Gasteiger partial charge in [0.2, 0.25) is 5.91 Å². The monoisotopic (exact) mass is 874 g/mol. The minimum absolute atomic E-state index is 0.0283. The number of unbranched alkanes of at least 4 members (excludes halogenated alkanes) is 38. The lowest BCUT2D eigenvalue weighted by Gasteiger charge is -2.20. The Morgan fingerprint density at radius 1 is 0.435 bits per heavy atom. The maximum atomic E-state index is 12.4. The number of carbonyl (C=O) groups excluding carboxylic acids is 2. The Labute approximate surface area is 386 Å². The van der Waals surface area contributed by atoms with Crippen LogP contribution in [0.15, 0.2) is 24.3 Å². The third kappa shape index (κ3) is 47.8. The second kappa shape index (κ2) is 52.0. The quantitative estimate of drug-likeness (QED) is 0.0321. The molecule has 0 radical (unpaired) electrons. The van der Waals surface area contributed by atoms with Crippen molar-refractivity contribution in [1.29, 1.82) is 0 Å². The van der Waals surface area contributed by atoms with Crippen molar-refractivity contribution >= 4 is 11.9 Å². The Morgan fingerprint density at radius 3 is 1.15 bits per heavy atom. The van der Waals surface area contributed by atoms with Gasteiger partial charge in [0.25, 0.3) is 0 Å². The van der Waals surface area contributed by atoms with Crippen LogP contribution in [0.5, 0.6) is 0 Å². The number of carbonyl (C=O) groups is 2. The van der Waals surface area contributed by atoms with Crippen molar-refractivity contribution in [2.24, 2.45) is 0 Å². The highest BCUT2D eigenvalue weighted by Crippen LogP contribution is 2.17. The molecule has 0 aromatic rings. The molecular formula is C56H107NO5. The summed E-state index contributed by atoms with van der Waals surface area (Å²) in [6.45, 7) is 4.84. The molecular weight excluding hydrogens is 767 g/mol. The number of aliphatic hydroxyl groups excluding tert-OH is 2. The van der Waals surface area contributed by atoms with Crippen molar-refractivity contribution < 1.29 is 24.5 Å². The number of rotatable bonds is 51. The molecule has 2 atom stereocenters. The first-order valence-electron chi connectivity index (χ1n) is 27.6. The molecule has 0 spiro atoms. The van der Waals surface area contributed by atoms with Gasteiger partial charge in [-0.1, -0.05) is 250 Å². The fourth-order valence-electron chi connectivity index (χ4n) is 8.45. The van der Waals surface area contributed by atoms with E-state index in [0.717, 1.165) is 83.5 Å². The van der Waals surface area contributed by atoms with Crippen molar-refractivity contribution in [3.05, 3.63) is 24.3 Å². The molecule has 0 aromatic carbocycles. The normalized spacial score (nSPS) is 12.8. The third-order valence-corrected chi connectivity index (χ3v) is 12.7. The molecule has 0 rings (SSSR count). The highest BCUT2D eigenvalue weighted by atomic mass is 16.5. The van der Waals surface area contributed by atoms with Gasteiger partial charge in [-0.25, -0.2) is 0 Å². The number of ether oxygens (including phenoxy) is 1. The summed E-state index contributed by atoms with van der Waals surface area (Å²) >= 11 is 0. The van der Waals surface area contributed by atoms with Gasteiger partial charge in [0.05, 0.1) is 25.4 Å². The molecule has 0 aliphatic heterocycles. The molecule has 3 N–H and O–H groups in total. The van der Waals surface area contributed by atoms with Gasteiger partial charge < -0.3 is 20.3 Å². The van der Waals surface area contributed by atoms with E-state index in [9.17, 15) is 19.8 Å². The maximum absolute atomic E-state index is 12.4. The van der Waals surface area contributed by atoms with Gasteiger partial charge in [0, 0.05) is 12.8 Å². The van der Waals surface area contributed by atoms with Crippen LogP contribution in [-0.4, -0.2) is 47.4 Å². The van der Waals surface area contributed by atoms with Gasteiger partial charge in [0.1, 0.15) is 0 Å². The number of aliphatic hydroxyl groups is 2. The third-order valence-electron chi connectivity index (χ3n) is 12.7. The van der Waals surface area contributed by atoms with E-state index in [1.165, 1.54) is 186 Å². The first-order valence-corrected chi connectivity index (χ1v) is 27.6. The predicted octanol–water partition coefficient (Wildman–Crippen LogP) is 16.7. The van der Waals surface area contributed by atoms with Crippen LogP contribution in [0.25, 0.3) is 0 Å². The summed E-state index contributed by atoms with van der Waals surface area (Å²) in [5.41, 5.74) is 0. The van der Waals surface area contributed by atoms with E-state index in [2.05, 4.69) is 31.3 Å². The molecule has 0 fully saturated rings. The number of hydrogen-bond donors (Lipinski definition) is 3. The summed E-state index contributed by atoms with van der Waals surface area (Å²) in [6.07, 6.45) is 61.9. The van der Waals surface area contributed by atoms with Crippen LogP contribution < -0.4 is 5.32 Å². The molecule has 0 saturated heterocycles. The molecule has 0 aliphatic rings. The van der Waals surface area contributed by atoms with E-state index < -0.39 is 12.1 Å². The molecule has 62 heavy (non-hydrogen) atoms. The topological polar surface area (TPSA) is 95.9 Å². The molecule has 1 amide bonds. The van der Waals surface area contributed by atoms with E-state index in [1.54, 1.807) is 6.08 Å². The first-order chi connectivity index (χ1) is 30.5. The number of allylic oxidation sites excluding steroid dienone is 3. The summed E-state index contributed by atoms with van der Waals surface area (Å²) in [5.74, 6) is -0.124. The molecule has 0 heterocycles. The lowest BCUT2D eigenvalue weighted by Crippen LogP contribution is -2.45. The van der Waals surface area contributed by atoms with Crippen LogP contribution in [0, 0.1) is 0 Å². The molecule has 6 heteroatoms. The fourth-order valence-corrected chi connectivity index (χ4v) is 8.45. The van der Waals surface area contributed by atoms with E-state index >= 15 is 0 Å². The van der Waals surface area contributed by atoms with Crippen molar-refractivity contribution in [1.82, 2.24) is 5.32 Å². The molecule has 0 bridgehead atoms. The van der Waals surface area contributed by atoms with Crippen molar-refractivity contribution in [2.75, 3.05) is 13.2 Å². The highest BCUT2D eigenvalue weighted by molar-refractivity contribution is 5.76.